The molecule has 2 aromatic rings. The molecule has 6 heteroatoms. The number of ether oxygens (including phenoxy) is 1. The van der Waals surface area contributed by atoms with Gasteiger partial charge in [-0.2, -0.15) is 0 Å². The summed E-state index contributed by atoms with van der Waals surface area (Å²) in [7, 11) is 5.34. The molecule has 22 heavy (non-hydrogen) atoms. The number of aromatic nitrogens is 1. The molecule has 0 aliphatic carbocycles. The summed E-state index contributed by atoms with van der Waals surface area (Å²) < 4.78 is 5.16. The fourth-order valence-electron chi connectivity index (χ4n) is 1.96. The highest BCUT2D eigenvalue weighted by Crippen LogP contribution is 2.24. The molecule has 0 aliphatic rings. The number of methoxy groups -OCH3 is 1. The first-order valence-corrected chi connectivity index (χ1v) is 6.78. The van der Waals surface area contributed by atoms with Crippen LogP contribution in [-0.4, -0.2) is 37.2 Å². The van der Waals surface area contributed by atoms with E-state index in [9.17, 15) is 9.90 Å². The maximum atomic E-state index is 12.1. The molecule has 0 fully saturated rings. The van der Waals surface area contributed by atoms with Crippen molar-refractivity contribution in [2.75, 3.05) is 31.4 Å². The number of benzene rings is 1. The van der Waals surface area contributed by atoms with Crippen LogP contribution in [-0.2, 0) is 11.2 Å². The van der Waals surface area contributed by atoms with E-state index in [1.807, 2.05) is 25.1 Å². The first-order chi connectivity index (χ1) is 10.5. The first-order valence-electron chi connectivity index (χ1n) is 6.78. The molecule has 0 atom stereocenters. The number of phenols is 1. The summed E-state index contributed by atoms with van der Waals surface area (Å²) in [5.41, 5.74) is 1.65. The summed E-state index contributed by atoms with van der Waals surface area (Å²) >= 11 is 0. The van der Waals surface area contributed by atoms with Crippen LogP contribution >= 0.6 is 0 Å². The van der Waals surface area contributed by atoms with E-state index in [1.165, 1.54) is 19.2 Å². The van der Waals surface area contributed by atoms with Crippen molar-refractivity contribution >= 4 is 17.4 Å². The summed E-state index contributed by atoms with van der Waals surface area (Å²) in [5, 5.41) is 12.2. The number of phenolic OH excluding ortho intramolecular Hbond substituents is 1. The van der Waals surface area contributed by atoms with Crippen LogP contribution in [0.1, 0.15) is 5.56 Å². The number of pyridine rings is 1. The highest BCUT2D eigenvalue weighted by molar-refractivity contribution is 5.91. The average molecular weight is 301 g/mol. The molecule has 0 unspecified atom stereocenters. The highest BCUT2D eigenvalue weighted by atomic mass is 16.5. The second-order valence-electron chi connectivity index (χ2n) is 5.02. The SMILES string of the molecule is COc1cc(O)ccc1CC(=O)Nc1ccc(N(C)C)cn1. The number of carbonyl (C=O) groups excluding carboxylic acids is 1. The van der Waals surface area contributed by atoms with Gasteiger partial charge in [-0.25, -0.2) is 4.98 Å². The maximum Gasteiger partial charge on any atom is 0.230 e. The van der Waals surface area contributed by atoms with E-state index < -0.39 is 0 Å². The van der Waals surface area contributed by atoms with Gasteiger partial charge in [-0.15, -0.1) is 0 Å². The molecular weight excluding hydrogens is 282 g/mol. The Morgan fingerprint density at radius 2 is 2.09 bits per heavy atom. The number of nitrogens with one attached hydrogen (secondary N) is 1. The van der Waals surface area contributed by atoms with Gasteiger partial charge in [0.15, 0.2) is 0 Å². The summed E-state index contributed by atoms with van der Waals surface area (Å²) in [4.78, 5) is 18.2. The van der Waals surface area contributed by atoms with Crippen LogP contribution in [0.3, 0.4) is 0 Å². The maximum absolute atomic E-state index is 12.1. The largest absolute Gasteiger partial charge is 0.508 e. The van der Waals surface area contributed by atoms with E-state index >= 15 is 0 Å². The summed E-state index contributed by atoms with van der Waals surface area (Å²) in [6.07, 6.45) is 1.83. The van der Waals surface area contributed by atoms with Gasteiger partial charge in [-0.1, -0.05) is 6.07 Å². The number of aromatic hydroxyl groups is 1. The Balaban J connectivity index is 2.04. The Labute approximate surface area is 129 Å². The third-order valence-electron chi connectivity index (χ3n) is 3.15. The molecule has 0 spiro atoms. The minimum Gasteiger partial charge on any atom is -0.508 e. The van der Waals surface area contributed by atoms with Gasteiger partial charge in [-0.3, -0.25) is 4.79 Å². The molecular formula is C16H19N3O3. The molecule has 1 amide bonds. The zero-order valence-corrected chi connectivity index (χ0v) is 12.8. The predicted octanol–water partition coefficient (Wildman–Crippen LogP) is 2.04. The van der Waals surface area contributed by atoms with Gasteiger partial charge in [0.1, 0.15) is 17.3 Å². The molecule has 1 aromatic carbocycles. The Bertz CT molecular complexity index is 654. The van der Waals surface area contributed by atoms with Crippen LogP contribution in [0.5, 0.6) is 11.5 Å². The monoisotopic (exact) mass is 301 g/mol. The third kappa shape index (κ3) is 3.88. The van der Waals surface area contributed by atoms with Crippen LogP contribution in [0.4, 0.5) is 11.5 Å². The van der Waals surface area contributed by atoms with Gasteiger partial charge in [0.05, 0.1) is 25.4 Å². The Morgan fingerprint density at radius 1 is 1.32 bits per heavy atom. The van der Waals surface area contributed by atoms with Crippen LogP contribution in [0, 0.1) is 0 Å². The second-order valence-corrected chi connectivity index (χ2v) is 5.02. The van der Waals surface area contributed by atoms with Gasteiger partial charge in [0, 0.05) is 25.7 Å². The smallest absolute Gasteiger partial charge is 0.230 e. The number of hydrogen-bond donors (Lipinski definition) is 2. The highest BCUT2D eigenvalue weighted by Gasteiger charge is 2.10. The van der Waals surface area contributed by atoms with Crippen LogP contribution < -0.4 is 15.0 Å². The van der Waals surface area contributed by atoms with E-state index in [1.54, 1.807) is 18.3 Å². The molecule has 6 nitrogen and oxygen atoms in total. The van der Waals surface area contributed by atoms with Crippen LogP contribution in [0.25, 0.3) is 0 Å². The van der Waals surface area contributed by atoms with Gasteiger partial charge >= 0.3 is 0 Å². The zero-order valence-electron chi connectivity index (χ0n) is 12.8. The molecule has 0 aliphatic heterocycles. The molecule has 0 bridgehead atoms. The van der Waals surface area contributed by atoms with Crippen LogP contribution in [0.15, 0.2) is 36.5 Å². The molecule has 1 heterocycles. The number of hydrogen-bond acceptors (Lipinski definition) is 5. The molecule has 0 saturated carbocycles. The molecule has 0 saturated heterocycles. The van der Waals surface area contributed by atoms with E-state index in [4.69, 9.17) is 4.74 Å². The van der Waals surface area contributed by atoms with Crippen molar-refractivity contribution in [3.05, 3.63) is 42.1 Å². The molecule has 116 valence electrons. The van der Waals surface area contributed by atoms with Crippen molar-refractivity contribution in [2.24, 2.45) is 0 Å². The lowest BCUT2D eigenvalue weighted by molar-refractivity contribution is -0.115. The summed E-state index contributed by atoms with van der Waals surface area (Å²) in [6.45, 7) is 0. The Hall–Kier alpha value is -2.76. The van der Waals surface area contributed by atoms with Gasteiger partial charge < -0.3 is 20.1 Å². The van der Waals surface area contributed by atoms with Crippen molar-refractivity contribution < 1.29 is 14.6 Å². The van der Waals surface area contributed by atoms with Gasteiger partial charge in [0.2, 0.25) is 5.91 Å². The quantitative estimate of drug-likeness (QED) is 0.884. The van der Waals surface area contributed by atoms with E-state index in [0.29, 0.717) is 17.1 Å². The summed E-state index contributed by atoms with van der Waals surface area (Å²) in [5.74, 6) is 0.871. The number of carbonyl (C=O) groups is 1. The van der Waals surface area contributed by atoms with Crippen molar-refractivity contribution in [3.8, 4) is 11.5 Å². The fourth-order valence-corrected chi connectivity index (χ4v) is 1.96. The predicted molar refractivity (Wildman–Crippen MR) is 85.6 cm³/mol. The Morgan fingerprint density at radius 3 is 2.68 bits per heavy atom. The number of anilines is 2. The average Bonchev–Trinajstić information content (AvgIpc) is 2.49. The minimum absolute atomic E-state index is 0.0990. The fraction of sp³-hybridized carbons (Fsp3) is 0.250. The molecule has 2 N–H and O–H groups in total. The van der Waals surface area contributed by atoms with Crippen molar-refractivity contribution in [3.63, 3.8) is 0 Å². The topological polar surface area (TPSA) is 74.7 Å². The number of amides is 1. The van der Waals surface area contributed by atoms with Crippen molar-refractivity contribution in [1.29, 1.82) is 0 Å². The van der Waals surface area contributed by atoms with Crippen LogP contribution in [0.2, 0.25) is 0 Å². The second kappa shape index (κ2) is 6.80. The lowest BCUT2D eigenvalue weighted by atomic mass is 10.1. The zero-order chi connectivity index (χ0) is 16.1. The molecule has 0 radical (unpaired) electrons. The van der Waals surface area contributed by atoms with E-state index in [0.717, 1.165) is 5.69 Å². The van der Waals surface area contributed by atoms with Gasteiger partial charge in [-0.05, 0) is 18.2 Å². The van der Waals surface area contributed by atoms with Gasteiger partial charge in [0.25, 0.3) is 0 Å². The normalized spacial score (nSPS) is 10.1. The summed E-state index contributed by atoms with van der Waals surface area (Å²) in [6, 6.07) is 8.29. The number of rotatable bonds is 5. The lowest BCUT2D eigenvalue weighted by Crippen LogP contribution is -2.16. The van der Waals surface area contributed by atoms with E-state index in [2.05, 4.69) is 10.3 Å². The molecule has 1 aromatic heterocycles. The third-order valence-corrected chi connectivity index (χ3v) is 3.15. The standard InChI is InChI=1S/C16H19N3O3/c1-19(2)12-5-7-15(17-10-12)18-16(21)8-11-4-6-13(20)9-14(11)22-3/h4-7,9-10,20H,8H2,1-3H3,(H,17,18,21). The molecule has 2 rings (SSSR count). The minimum atomic E-state index is -0.200. The lowest BCUT2D eigenvalue weighted by Gasteiger charge is -2.12. The Kier molecular flexibility index (Phi) is 4.83. The van der Waals surface area contributed by atoms with Crippen molar-refractivity contribution in [2.45, 2.75) is 6.42 Å². The first kappa shape index (κ1) is 15.6. The van der Waals surface area contributed by atoms with E-state index in [-0.39, 0.29) is 18.1 Å². The van der Waals surface area contributed by atoms with Crippen molar-refractivity contribution in [1.82, 2.24) is 4.98 Å². The number of nitrogens with zero attached hydrogens (tertiary/aromatic N) is 2.